The van der Waals surface area contributed by atoms with E-state index in [1.54, 1.807) is 0 Å². The van der Waals surface area contributed by atoms with Crippen LogP contribution in [0, 0.1) is 5.41 Å². The van der Waals surface area contributed by atoms with E-state index in [1.807, 2.05) is 39.0 Å². The first-order chi connectivity index (χ1) is 18.5. The highest BCUT2D eigenvalue weighted by Crippen LogP contribution is 2.30. The molecular formula is C31H32BF4NO2. The van der Waals surface area contributed by atoms with Gasteiger partial charge in [-0.05, 0) is 56.2 Å². The molecule has 1 aromatic heterocycles. The van der Waals surface area contributed by atoms with Gasteiger partial charge >= 0.3 is 13.2 Å². The summed E-state index contributed by atoms with van der Waals surface area (Å²) in [6, 6.07) is 35.9. The molecule has 0 aliphatic heterocycles. The average Bonchev–Trinajstić information content (AvgIpc) is 2.92. The van der Waals surface area contributed by atoms with Crippen molar-refractivity contribution in [1.29, 1.82) is 0 Å². The van der Waals surface area contributed by atoms with Gasteiger partial charge in [0, 0.05) is 29.7 Å². The van der Waals surface area contributed by atoms with Crippen LogP contribution in [0.4, 0.5) is 17.3 Å². The van der Waals surface area contributed by atoms with Crippen molar-refractivity contribution in [3.05, 3.63) is 103 Å². The maximum absolute atomic E-state index is 12.6. The van der Waals surface area contributed by atoms with Gasteiger partial charge in [-0.25, -0.2) is 0 Å². The Morgan fingerprint density at radius 3 is 1.49 bits per heavy atom. The summed E-state index contributed by atoms with van der Waals surface area (Å²) in [5.41, 5.74) is 6.30. The summed E-state index contributed by atoms with van der Waals surface area (Å²) < 4.78 is 46.7. The van der Waals surface area contributed by atoms with Crippen LogP contribution >= 0.6 is 0 Å². The lowest BCUT2D eigenvalue weighted by atomic mass is 9.89. The Morgan fingerprint density at radius 1 is 0.718 bits per heavy atom. The first-order valence-corrected chi connectivity index (χ1v) is 12.8. The number of ether oxygens (including phenoxy) is 1. The van der Waals surface area contributed by atoms with Crippen molar-refractivity contribution in [3.63, 3.8) is 0 Å². The number of hydrogen-bond donors (Lipinski definition) is 0. The van der Waals surface area contributed by atoms with E-state index < -0.39 is 12.7 Å². The van der Waals surface area contributed by atoms with Crippen LogP contribution in [0.3, 0.4) is 0 Å². The van der Waals surface area contributed by atoms with Crippen LogP contribution in [0.25, 0.3) is 33.6 Å². The molecule has 0 unspecified atom stereocenters. The molecular weight excluding hydrogens is 505 g/mol. The lowest BCUT2D eigenvalue weighted by molar-refractivity contribution is -0.677. The van der Waals surface area contributed by atoms with Crippen LogP contribution in [0.1, 0.15) is 27.2 Å². The van der Waals surface area contributed by atoms with Crippen LogP contribution < -0.4 is 4.57 Å². The summed E-state index contributed by atoms with van der Waals surface area (Å²) in [5, 5.41) is 0. The molecule has 0 amide bonds. The van der Waals surface area contributed by atoms with E-state index in [0.29, 0.717) is 19.6 Å². The summed E-state index contributed by atoms with van der Waals surface area (Å²) in [5.74, 6) is -0.154. The molecule has 0 saturated heterocycles. The standard InChI is InChI=1S/C31H32NO2.BF4/c1-4-34-30(33)31(2,3)20-21-32-28(25-16-10-6-11-17-25)22-27(24-14-8-5-9-15-24)23-29(32)26-18-12-7-13-19-26;2-1(3,4)5/h5-19,22-23H,4,20-21H2,1-3H3;/q+1;-1. The minimum absolute atomic E-state index is 0.154. The molecule has 4 rings (SSSR count). The van der Waals surface area contributed by atoms with Crippen molar-refractivity contribution in [2.24, 2.45) is 5.41 Å². The first kappa shape index (κ1) is 29.6. The quantitative estimate of drug-likeness (QED) is 0.0981. The molecule has 0 N–H and O–H groups in total. The van der Waals surface area contributed by atoms with Crippen molar-refractivity contribution in [1.82, 2.24) is 0 Å². The molecule has 0 fully saturated rings. The molecule has 39 heavy (non-hydrogen) atoms. The van der Waals surface area contributed by atoms with Crippen molar-refractivity contribution in [2.75, 3.05) is 6.61 Å². The van der Waals surface area contributed by atoms with Crippen LogP contribution in [0.15, 0.2) is 103 Å². The SMILES string of the molecule is CCOC(=O)C(C)(C)CC[n+]1c(-c2ccccc2)cc(-c2ccccc2)cc1-c1ccccc1.F[B-](F)(F)F. The fraction of sp³-hybridized carbons (Fsp3) is 0.226. The van der Waals surface area contributed by atoms with Crippen LogP contribution in [-0.4, -0.2) is 19.8 Å². The van der Waals surface area contributed by atoms with Gasteiger partial charge in [-0.3, -0.25) is 4.79 Å². The number of esters is 1. The number of nitrogens with zero attached hydrogens (tertiary/aromatic N) is 1. The predicted octanol–water partition coefficient (Wildman–Crippen LogP) is 8.25. The summed E-state index contributed by atoms with van der Waals surface area (Å²) in [7, 11) is -6.00. The highest BCUT2D eigenvalue weighted by Gasteiger charge is 2.32. The Balaban J connectivity index is 0.000000771. The van der Waals surface area contributed by atoms with Gasteiger partial charge in [0.15, 0.2) is 6.54 Å². The number of hydrogen-bond acceptors (Lipinski definition) is 2. The van der Waals surface area contributed by atoms with Gasteiger partial charge in [0.1, 0.15) is 0 Å². The van der Waals surface area contributed by atoms with Gasteiger partial charge in [0.2, 0.25) is 11.4 Å². The molecule has 3 aromatic carbocycles. The Bertz CT molecular complexity index is 1280. The molecule has 0 bridgehead atoms. The highest BCUT2D eigenvalue weighted by molar-refractivity contribution is 6.50. The van der Waals surface area contributed by atoms with Gasteiger partial charge in [-0.2, -0.15) is 4.57 Å². The minimum atomic E-state index is -6.00. The second-order valence-corrected chi connectivity index (χ2v) is 9.61. The average molecular weight is 537 g/mol. The Hall–Kier alpha value is -3.94. The third-order valence-electron chi connectivity index (χ3n) is 6.20. The molecule has 0 atom stereocenters. The Morgan fingerprint density at radius 2 is 1.10 bits per heavy atom. The number of benzene rings is 3. The largest absolute Gasteiger partial charge is 0.673 e. The molecule has 0 aliphatic rings. The van der Waals surface area contributed by atoms with Gasteiger partial charge in [0.05, 0.1) is 12.0 Å². The van der Waals surface area contributed by atoms with Gasteiger partial charge in [-0.1, -0.05) is 66.7 Å². The zero-order chi connectivity index (χ0) is 28.5. The molecule has 0 spiro atoms. The number of pyridine rings is 1. The zero-order valence-electron chi connectivity index (χ0n) is 22.3. The summed E-state index contributed by atoms with van der Waals surface area (Å²) in [6.45, 7) is 6.87. The molecule has 204 valence electrons. The molecule has 0 aliphatic carbocycles. The van der Waals surface area contributed by atoms with Crippen LogP contribution in [0.2, 0.25) is 0 Å². The van der Waals surface area contributed by atoms with Gasteiger partial charge < -0.3 is 22.0 Å². The monoisotopic (exact) mass is 537 g/mol. The topological polar surface area (TPSA) is 30.2 Å². The molecule has 0 radical (unpaired) electrons. The van der Waals surface area contributed by atoms with E-state index in [-0.39, 0.29) is 5.97 Å². The van der Waals surface area contributed by atoms with E-state index >= 15 is 0 Å². The van der Waals surface area contributed by atoms with E-state index in [1.165, 1.54) is 11.1 Å². The van der Waals surface area contributed by atoms with Crippen molar-refractivity contribution in [3.8, 4) is 33.6 Å². The number of aromatic nitrogens is 1. The lowest BCUT2D eigenvalue weighted by Crippen LogP contribution is -2.42. The summed E-state index contributed by atoms with van der Waals surface area (Å²) >= 11 is 0. The molecule has 4 aromatic rings. The molecule has 3 nitrogen and oxygen atoms in total. The number of halogens is 4. The summed E-state index contributed by atoms with van der Waals surface area (Å²) in [4.78, 5) is 12.6. The smallest absolute Gasteiger partial charge is 0.466 e. The van der Waals surface area contributed by atoms with Gasteiger partial charge in [-0.15, -0.1) is 0 Å². The normalized spacial score (nSPS) is 11.4. The Kier molecular flexibility index (Phi) is 10.0. The zero-order valence-corrected chi connectivity index (χ0v) is 22.3. The van der Waals surface area contributed by atoms with Crippen molar-refractivity contribution >= 4 is 13.2 Å². The maximum Gasteiger partial charge on any atom is 0.673 e. The first-order valence-electron chi connectivity index (χ1n) is 12.8. The predicted molar refractivity (Wildman–Crippen MR) is 148 cm³/mol. The number of carbonyl (C=O) groups is 1. The summed E-state index contributed by atoms with van der Waals surface area (Å²) in [6.07, 6.45) is 0.668. The Labute approximate surface area is 227 Å². The highest BCUT2D eigenvalue weighted by atomic mass is 19.5. The maximum atomic E-state index is 12.6. The molecule has 0 saturated carbocycles. The fourth-order valence-electron chi connectivity index (χ4n) is 4.18. The van der Waals surface area contributed by atoms with Crippen LogP contribution in [0.5, 0.6) is 0 Å². The van der Waals surface area contributed by atoms with Crippen molar-refractivity contribution in [2.45, 2.75) is 33.7 Å². The minimum Gasteiger partial charge on any atom is -0.466 e. The van der Waals surface area contributed by atoms with E-state index in [0.717, 1.165) is 22.5 Å². The van der Waals surface area contributed by atoms with Crippen molar-refractivity contribution < 1.29 is 31.4 Å². The third-order valence-corrected chi connectivity index (χ3v) is 6.20. The van der Waals surface area contributed by atoms with Crippen LogP contribution in [-0.2, 0) is 16.1 Å². The molecule has 8 heteroatoms. The molecule has 1 heterocycles. The fourth-order valence-corrected chi connectivity index (χ4v) is 4.18. The van der Waals surface area contributed by atoms with E-state index in [2.05, 4.69) is 89.5 Å². The van der Waals surface area contributed by atoms with E-state index in [4.69, 9.17) is 4.74 Å². The van der Waals surface area contributed by atoms with Gasteiger partial charge in [0.25, 0.3) is 0 Å². The second-order valence-electron chi connectivity index (χ2n) is 9.61. The second kappa shape index (κ2) is 13.2. The number of carbonyl (C=O) groups excluding carboxylic acids is 1. The van der Waals surface area contributed by atoms with E-state index in [9.17, 15) is 22.1 Å². The lowest BCUT2D eigenvalue weighted by Gasteiger charge is -2.21. The number of rotatable bonds is 8. The third kappa shape index (κ3) is 8.81.